The van der Waals surface area contributed by atoms with Crippen molar-refractivity contribution in [1.29, 1.82) is 5.26 Å². The van der Waals surface area contributed by atoms with E-state index in [0.29, 0.717) is 29.4 Å². The summed E-state index contributed by atoms with van der Waals surface area (Å²) in [7, 11) is 1.57. The predicted octanol–water partition coefficient (Wildman–Crippen LogP) is 5.25. The molecule has 0 atom stereocenters. The maximum absolute atomic E-state index is 12.6. The molecule has 0 spiro atoms. The van der Waals surface area contributed by atoms with Gasteiger partial charge in [0.1, 0.15) is 24.0 Å². The van der Waals surface area contributed by atoms with Crippen LogP contribution in [0.5, 0.6) is 17.2 Å². The summed E-state index contributed by atoms with van der Waals surface area (Å²) in [5, 5.41) is 21.6. The first-order valence-corrected chi connectivity index (χ1v) is 11.7. The highest BCUT2D eigenvalue weighted by molar-refractivity contribution is 6.32. The summed E-state index contributed by atoms with van der Waals surface area (Å²) in [5.74, 6) is -0.190. The van der Waals surface area contributed by atoms with Crippen molar-refractivity contribution in [3.05, 3.63) is 93.5 Å². The van der Waals surface area contributed by atoms with E-state index < -0.39 is 11.9 Å². The van der Waals surface area contributed by atoms with Gasteiger partial charge in [-0.1, -0.05) is 35.9 Å². The molecule has 8 nitrogen and oxygen atoms in total. The molecule has 0 aliphatic carbocycles. The van der Waals surface area contributed by atoms with Crippen molar-refractivity contribution >= 4 is 29.6 Å². The molecule has 2 N–H and O–H groups in total. The maximum atomic E-state index is 12.6. The van der Waals surface area contributed by atoms with E-state index >= 15 is 0 Å². The number of hydrogen-bond donors (Lipinski definition) is 2. The van der Waals surface area contributed by atoms with Gasteiger partial charge in [-0.2, -0.15) is 5.26 Å². The number of hydrogen-bond acceptors (Lipinski definition) is 6. The highest BCUT2D eigenvalue weighted by Crippen LogP contribution is 2.38. The summed E-state index contributed by atoms with van der Waals surface area (Å²) in [6, 6.07) is 18.6. The molecule has 0 heterocycles. The van der Waals surface area contributed by atoms with Crippen LogP contribution in [0.25, 0.3) is 6.08 Å². The first kappa shape index (κ1) is 27.1. The number of carboxylic acids is 1. The van der Waals surface area contributed by atoms with Crippen LogP contribution in [0.4, 0.5) is 0 Å². The van der Waals surface area contributed by atoms with Gasteiger partial charge in [0.25, 0.3) is 5.91 Å². The average Bonchev–Trinajstić information content (AvgIpc) is 2.90. The zero-order valence-electron chi connectivity index (χ0n) is 20.3. The number of ether oxygens (including phenoxy) is 3. The zero-order chi connectivity index (χ0) is 26.8. The van der Waals surface area contributed by atoms with E-state index in [1.54, 1.807) is 50.4 Å². The number of halogens is 1. The lowest BCUT2D eigenvalue weighted by atomic mass is 10.1. The van der Waals surface area contributed by atoms with E-state index in [1.165, 1.54) is 18.2 Å². The van der Waals surface area contributed by atoms with Crippen molar-refractivity contribution in [2.75, 3.05) is 13.7 Å². The number of methoxy groups -OCH3 is 1. The van der Waals surface area contributed by atoms with Crippen molar-refractivity contribution in [1.82, 2.24) is 5.32 Å². The van der Waals surface area contributed by atoms with Crippen LogP contribution in [-0.2, 0) is 17.9 Å². The summed E-state index contributed by atoms with van der Waals surface area (Å²) in [6.45, 7) is 2.51. The number of benzene rings is 3. The van der Waals surface area contributed by atoms with Gasteiger partial charge in [-0.05, 0) is 66.1 Å². The van der Waals surface area contributed by atoms with Crippen molar-refractivity contribution in [3.8, 4) is 23.3 Å². The van der Waals surface area contributed by atoms with Crippen molar-refractivity contribution in [2.24, 2.45) is 0 Å². The van der Waals surface area contributed by atoms with Crippen LogP contribution in [0.3, 0.4) is 0 Å². The van der Waals surface area contributed by atoms with Crippen LogP contribution in [0.2, 0.25) is 5.02 Å². The Morgan fingerprint density at radius 1 is 1.05 bits per heavy atom. The molecular weight excluding hydrogens is 496 g/mol. The maximum Gasteiger partial charge on any atom is 0.335 e. The lowest BCUT2D eigenvalue weighted by Gasteiger charge is -2.15. The first-order chi connectivity index (χ1) is 17.8. The lowest BCUT2D eigenvalue weighted by Crippen LogP contribution is -2.23. The van der Waals surface area contributed by atoms with Gasteiger partial charge in [-0.25, -0.2) is 4.79 Å². The summed E-state index contributed by atoms with van der Waals surface area (Å²) in [5.41, 5.74) is 2.16. The quantitative estimate of drug-likeness (QED) is 0.262. The predicted molar refractivity (Wildman–Crippen MR) is 139 cm³/mol. The van der Waals surface area contributed by atoms with Gasteiger partial charge in [0, 0.05) is 6.54 Å². The SMILES string of the molecule is CCOc1cc(/C=C(/C#N)C(=O)NCc2ccc(OC)cc2)cc(Cl)c1OCc1ccc(C(=O)O)cc1. The minimum absolute atomic E-state index is 0.0979. The minimum atomic E-state index is -1.01. The van der Waals surface area contributed by atoms with Gasteiger partial charge in [-0.3, -0.25) is 4.79 Å². The molecule has 37 heavy (non-hydrogen) atoms. The second-order valence-electron chi connectivity index (χ2n) is 7.75. The van der Waals surface area contributed by atoms with Gasteiger partial charge in [-0.15, -0.1) is 0 Å². The number of nitriles is 1. The number of amides is 1. The van der Waals surface area contributed by atoms with E-state index in [0.717, 1.165) is 11.1 Å². The number of carboxylic acid groups (broad SMARTS) is 1. The average molecular weight is 521 g/mol. The van der Waals surface area contributed by atoms with Gasteiger partial charge >= 0.3 is 5.97 Å². The van der Waals surface area contributed by atoms with Crippen molar-refractivity contribution in [3.63, 3.8) is 0 Å². The monoisotopic (exact) mass is 520 g/mol. The molecule has 0 saturated heterocycles. The Hall–Kier alpha value is -4.48. The third kappa shape index (κ3) is 7.50. The Labute approximate surface area is 219 Å². The number of aromatic carboxylic acids is 1. The third-order valence-electron chi connectivity index (χ3n) is 5.20. The molecule has 0 bridgehead atoms. The van der Waals surface area contributed by atoms with Crippen molar-refractivity contribution in [2.45, 2.75) is 20.1 Å². The van der Waals surface area contributed by atoms with Crippen LogP contribution in [0.15, 0.2) is 66.2 Å². The standard InChI is InChI=1S/C28H25ClN2O6/c1-3-36-25-14-20(12-22(15-30)27(32)31-16-18-6-10-23(35-2)11-7-18)13-24(29)26(25)37-17-19-4-8-21(9-5-19)28(33)34/h4-14H,3,16-17H2,1-2H3,(H,31,32)(H,33,34)/b22-12-. The van der Waals surface area contributed by atoms with Gasteiger partial charge in [0.2, 0.25) is 0 Å². The number of nitrogens with zero attached hydrogens (tertiary/aromatic N) is 1. The molecule has 1 amide bonds. The number of nitrogens with one attached hydrogen (secondary N) is 1. The Kier molecular flexibility index (Phi) is 9.53. The van der Waals surface area contributed by atoms with E-state index in [9.17, 15) is 14.9 Å². The number of carbonyl (C=O) groups is 2. The van der Waals surface area contributed by atoms with Crippen molar-refractivity contribution < 1.29 is 28.9 Å². The first-order valence-electron chi connectivity index (χ1n) is 11.3. The molecule has 3 rings (SSSR count). The van der Waals surface area contributed by atoms with Gasteiger partial charge in [0.15, 0.2) is 11.5 Å². The summed E-state index contributed by atoms with van der Waals surface area (Å²) < 4.78 is 16.7. The fourth-order valence-corrected chi connectivity index (χ4v) is 3.58. The van der Waals surface area contributed by atoms with Crippen LogP contribution < -0.4 is 19.5 Å². The Morgan fingerprint density at radius 2 is 1.73 bits per heavy atom. The molecule has 0 radical (unpaired) electrons. The topological polar surface area (TPSA) is 118 Å². The molecule has 0 aromatic heterocycles. The van der Waals surface area contributed by atoms with Crippen LogP contribution in [0.1, 0.15) is 34.0 Å². The van der Waals surface area contributed by atoms with Crippen LogP contribution in [0, 0.1) is 11.3 Å². The summed E-state index contributed by atoms with van der Waals surface area (Å²) >= 11 is 6.47. The molecule has 0 aliphatic heterocycles. The van der Waals surface area contributed by atoms with E-state index in [2.05, 4.69) is 5.32 Å². The zero-order valence-corrected chi connectivity index (χ0v) is 21.0. The number of rotatable bonds is 11. The van der Waals surface area contributed by atoms with Crippen LogP contribution in [-0.4, -0.2) is 30.7 Å². The highest BCUT2D eigenvalue weighted by atomic mass is 35.5. The fraction of sp³-hybridized carbons (Fsp3) is 0.179. The molecular formula is C28H25ClN2O6. The van der Waals surface area contributed by atoms with E-state index in [-0.39, 0.29) is 29.3 Å². The molecule has 0 fully saturated rings. The molecule has 0 aliphatic rings. The molecule has 3 aromatic rings. The Balaban J connectivity index is 1.75. The minimum Gasteiger partial charge on any atom is -0.497 e. The lowest BCUT2D eigenvalue weighted by molar-refractivity contribution is -0.117. The van der Waals surface area contributed by atoms with E-state index in [4.69, 9.17) is 30.9 Å². The van der Waals surface area contributed by atoms with E-state index in [1.807, 2.05) is 18.2 Å². The van der Waals surface area contributed by atoms with Gasteiger partial charge in [0.05, 0.1) is 24.3 Å². The molecule has 3 aromatic carbocycles. The molecule has 9 heteroatoms. The van der Waals surface area contributed by atoms with Crippen LogP contribution >= 0.6 is 11.6 Å². The summed E-state index contributed by atoms with van der Waals surface area (Å²) in [6.07, 6.45) is 1.42. The smallest absolute Gasteiger partial charge is 0.335 e. The Morgan fingerprint density at radius 3 is 2.32 bits per heavy atom. The fourth-order valence-electron chi connectivity index (χ4n) is 3.31. The summed E-state index contributed by atoms with van der Waals surface area (Å²) in [4.78, 5) is 23.6. The normalized spacial score (nSPS) is 10.8. The number of carbonyl (C=O) groups excluding carboxylic acids is 1. The Bertz CT molecular complexity index is 1330. The highest BCUT2D eigenvalue weighted by Gasteiger charge is 2.15. The second-order valence-corrected chi connectivity index (χ2v) is 8.16. The molecule has 0 saturated carbocycles. The third-order valence-corrected chi connectivity index (χ3v) is 5.48. The molecule has 0 unspecified atom stereocenters. The van der Waals surface area contributed by atoms with Gasteiger partial charge < -0.3 is 24.6 Å². The molecule has 190 valence electrons. The second kappa shape index (κ2) is 13.0. The largest absolute Gasteiger partial charge is 0.497 e.